The fraction of sp³-hybridized carbons (Fsp3) is 0.333. The second-order valence-corrected chi connectivity index (χ2v) is 8.78. The lowest BCUT2D eigenvalue weighted by Crippen LogP contribution is -2.47. The first-order valence-corrected chi connectivity index (χ1v) is 11.5. The summed E-state index contributed by atoms with van der Waals surface area (Å²) in [6, 6.07) is 19.5. The van der Waals surface area contributed by atoms with Gasteiger partial charge in [0.25, 0.3) is 0 Å². The molecule has 4 aromatic rings. The van der Waals surface area contributed by atoms with Crippen LogP contribution in [0.15, 0.2) is 48.5 Å². The fourth-order valence-corrected chi connectivity index (χ4v) is 4.99. The number of aromatic nitrogens is 2. The van der Waals surface area contributed by atoms with Crippen molar-refractivity contribution in [2.75, 3.05) is 31.1 Å². The summed E-state index contributed by atoms with van der Waals surface area (Å²) in [5, 5.41) is 9.93. The first kappa shape index (κ1) is 20.5. The van der Waals surface area contributed by atoms with E-state index in [0.29, 0.717) is 5.56 Å². The largest absolute Gasteiger partial charge is 0.355 e. The third-order valence-corrected chi connectivity index (χ3v) is 6.76. The molecule has 5 rings (SSSR count). The number of para-hydroxylation sites is 2. The molecule has 1 fully saturated rings. The number of nitrogens with zero attached hydrogens (tertiary/aromatic N) is 5. The number of piperazine rings is 1. The Bertz CT molecular complexity index is 1320. The van der Waals surface area contributed by atoms with Gasteiger partial charge in [-0.15, -0.1) is 0 Å². The fourth-order valence-electron chi connectivity index (χ4n) is 4.99. The van der Waals surface area contributed by atoms with Crippen LogP contribution in [0.2, 0.25) is 0 Å². The van der Waals surface area contributed by atoms with Crippen LogP contribution in [0.25, 0.3) is 16.7 Å². The summed E-state index contributed by atoms with van der Waals surface area (Å²) in [7, 11) is 0. The molecule has 0 N–H and O–H groups in total. The summed E-state index contributed by atoms with van der Waals surface area (Å²) in [6.07, 6.45) is 0.891. The van der Waals surface area contributed by atoms with Crippen LogP contribution in [-0.2, 0) is 13.0 Å². The Morgan fingerprint density at radius 3 is 2.38 bits per heavy atom. The Morgan fingerprint density at radius 2 is 1.69 bits per heavy atom. The Labute approximate surface area is 189 Å². The Morgan fingerprint density at radius 1 is 0.969 bits per heavy atom. The van der Waals surface area contributed by atoms with Crippen LogP contribution < -0.4 is 4.90 Å². The molecular formula is C27H29N5. The molecule has 0 radical (unpaired) electrons. The van der Waals surface area contributed by atoms with Gasteiger partial charge < -0.3 is 4.90 Å². The molecule has 3 heterocycles. The minimum absolute atomic E-state index is 0.694. The monoisotopic (exact) mass is 423 g/mol. The predicted molar refractivity (Wildman–Crippen MR) is 130 cm³/mol. The number of benzene rings is 2. The van der Waals surface area contributed by atoms with Crippen molar-refractivity contribution in [1.29, 1.82) is 5.26 Å². The van der Waals surface area contributed by atoms with E-state index in [0.717, 1.165) is 61.4 Å². The molecule has 32 heavy (non-hydrogen) atoms. The molecule has 0 amide bonds. The van der Waals surface area contributed by atoms with Gasteiger partial charge in [-0.25, -0.2) is 4.98 Å². The van der Waals surface area contributed by atoms with Crippen molar-refractivity contribution in [2.24, 2.45) is 0 Å². The third-order valence-electron chi connectivity index (χ3n) is 6.76. The molecule has 2 aromatic carbocycles. The lowest BCUT2D eigenvalue weighted by molar-refractivity contribution is 0.249. The van der Waals surface area contributed by atoms with Crippen LogP contribution in [0, 0.1) is 25.2 Å². The molecule has 162 valence electrons. The molecule has 0 atom stereocenters. The van der Waals surface area contributed by atoms with Crippen molar-refractivity contribution in [3.8, 4) is 6.07 Å². The zero-order valence-corrected chi connectivity index (χ0v) is 19.1. The lowest BCUT2D eigenvalue weighted by atomic mass is 10.0. The van der Waals surface area contributed by atoms with E-state index in [1.807, 2.05) is 12.1 Å². The van der Waals surface area contributed by atoms with Crippen LogP contribution in [0.3, 0.4) is 0 Å². The Hall–Kier alpha value is -3.36. The first-order chi connectivity index (χ1) is 15.6. The zero-order valence-electron chi connectivity index (χ0n) is 19.1. The Balaban J connectivity index is 1.53. The molecular weight excluding hydrogens is 394 g/mol. The highest BCUT2D eigenvalue weighted by molar-refractivity contribution is 5.86. The number of hydrogen-bond acceptors (Lipinski definition) is 4. The van der Waals surface area contributed by atoms with Gasteiger partial charge in [0.2, 0.25) is 0 Å². The minimum atomic E-state index is 0.694. The van der Waals surface area contributed by atoms with Gasteiger partial charge in [0.05, 0.1) is 16.6 Å². The highest BCUT2D eigenvalue weighted by Crippen LogP contribution is 2.34. The average Bonchev–Trinajstić information content (AvgIpc) is 3.19. The van der Waals surface area contributed by atoms with Crippen molar-refractivity contribution in [3.63, 3.8) is 0 Å². The molecule has 0 aliphatic carbocycles. The first-order valence-electron chi connectivity index (χ1n) is 11.5. The Kier molecular flexibility index (Phi) is 5.32. The number of nitriles is 1. The van der Waals surface area contributed by atoms with Gasteiger partial charge in [-0.1, -0.05) is 48.9 Å². The SMILES string of the molecule is CCc1c(C)c(C#N)c2nc3ccccc3n2c1N1CCN(Cc2ccc(C)cc2)CC1. The van der Waals surface area contributed by atoms with Crippen molar-refractivity contribution < 1.29 is 0 Å². The highest BCUT2D eigenvalue weighted by atomic mass is 15.3. The summed E-state index contributed by atoms with van der Waals surface area (Å²) >= 11 is 0. The van der Waals surface area contributed by atoms with E-state index in [1.165, 1.54) is 22.5 Å². The van der Waals surface area contributed by atoms with Gasteiger partial charge in [0.1, 0.15) is 11.9 Å². The molecule has 5 nitrogen and oxygen atoms in total. The van der Waals surface area contributed by atoms with Gasteiger partial charge in [0.15, 0.2) is 5.65 Å². The second-order valence-electron chi connectivity index (χ2n) is 8.78. The summed E-state index contributed by atoms with van der Waals surface area (Å²) in [6.45, 7) is 11.4. The normalized spacial score (nSPS) is 14.9. The molecule has 1 aliphatic rings. The highest BCUT2D eigenvalue weighted by Gasteiger charge is 2.26. The van der Waals surface area contributed by atoms with E-state index in [1.54, 1.807) is 0 Å². The zero-order chi connectivity index (χ0) is 22.2. The molecule has 0 bridgehead atoms. The molecule has 0 spiro atoms. The smallest absolute Gasteiger partial charge is 0.157 e. The molecule has 1 aliphatic heterocycles. The molecule has 1 saturated heterocycles. The summed E-state index contributed by atoms with van der Waals surface area (Å²) in [4.78, 5) is 9.89. The van der Waals surface area contributed by atoms with Crippen LogP contribution in [0.1, 0.15) is 34.7 Å². The minimum Gasteiger partial charge on any atom is -0.355 e. The number of hydrogen-bond donors (Lipinski definition) is 0. The molecule has 0 unspecified atom stereocenters. The van der Waals surface area contributed by atoms with E-state index in [-0.39, 0.29) is 0 Å². The quantitative estimate of drug-likeness (QED) is 0.470. The lowest BCUT2D eigenvalue weighted by Gasteiger charge is -2.37. The van der Waals surface area contributed by atoms with E-state index in [2.05, 4.69) is 77.4 Å². The van der Waals surface area contributed by atoms with Gasteiger partial charge in [0, 0.05) is 32.7 Å². The summed E-state index contributed by atoms with van der Waals surface area (Å²) in [5.74, 6) is 1.21. The number of aryl methyl sites for hydroxylation is 1. The van der Waals surface area contributed by atoms with Gasteiger partial charge in [-0.3, -0.25) is 9.30 Å². The van der Waals surface area contributed by atoms with Crippen molar-refractivity contribution in [3.05, 3.63) is 76.3 Å². The van der Waals surface area contributed by atoms with E-state index in [9.17, 15) is 5.26 Å². The van der Waals surface area contributed by atoms with Crippen LogP contribution in [-0.4, -0.2) is 40.5 Å². The molecule has 5 heteroatoms. The number of pyridine rings is 1. The maximum Gasteiger partial charge on any atom is 0.157 e. The topological polar surface area (TPSA) is 47.6 Å². The molecule has 2 aromatic heterocycles. The average molecular weight is 424 g/mol. The third kappa shape index (κ3) is 3.41. The van der Waals surface area contributed by atoms with Crippen molar-refractivity contribution >= 4 is 22.5 Å². The maximum absolute atomic E-state index is 9.93. The van der Waals surface area contributed by atoms with Gasteiger partial charge in [-0.2, -0.15) is 5.26 Å². The van der Waals surface area contributed by atoms with Crippen LogP contribution in [0.5, 0.6) is 0 Å². The van der Waals surface area contributed by atoms with Crippen molar-refractivity contribution in [2.45, 2.75) is 33.7 Å². The summed E-state index contributed by atoms with van der Waals surface area (Å²) < 4.78 is 2.23. The maximum atomic E-state index is 9.93. The van der Waals surface area contributed by atoms with Crippen LogP contribution >= 0.6 is 0 Å². The summed E-state index contributed by atoms with van der Waals surface area (Å²) in [5.41, 5.74) is 8.48. The van der Waals surface area contributed by atoms with Crippen LogP contribution in [0.4, 0.5) is 5.82 Å². The second kappa shape index (κ2) is 8.29. The van der Waals surface area contributed by atoms with Gasteiger partial charge in [-0.05, 0) is 49.1 Å². The van der Waals surface area contributed by atoms with Crippen molar-refractivity contribution in [1.82, 2.24) is 14.3 Å². The van der Waals surface area contributed by atoms with E-state index >= 15 is 0 Å². The standard InChI is InChI=1S/C27H29N5/c1-4-22-20(3)23(17-28)26-29-24-7-5-6-8-25(24)32(26)27(22)31-15-13-30(14-16-31)18-21-11-9-19(2)10-12-21/h5-12H,4,13-16,18H2,1-3H3. The van der Waals surface area contributed by atoms with E-state index < -0.39 is 0 Å². The van der Waals surface area contributed by atoms with E-state index in [4.69, 9.17) is 4.98 Å². The number of imidazole rings is 1. The van der Waals surface area contributed by atoms with Gasteiger partial charge >= 0.3 is 0 Å². The predicted octanol–water partition coefficient (Wildman–Crippen LogP) is 4.86. The molecule has 0 saturated carbocycles. The number of rotatable bonds is 4. The number of anilines is 1. The number of fused-ring (bicyclic) bond motifs is 3.